The number of anilines is 3. The summed E-state index contributed by atoms with van der Waals surface area (Å²) in [5.74, 6) is -0.789. The SMILES string of the molecule is Cc1ccc(C(=O)Nc2ccc(C(=O)N3CC(=O)Nc4ccccc43)cc2)c(C)n1. The molecule has 1 aliphatic rings. The minimum atomic E-state index is -0.284. The number of hydrogen-bond acceptors (Lipinski definition) is 4. The van der Waals surface area contributed by atoms with Crippen molar-refractivity contribution in [1.82, 2.24) is 4.98 Å². The van der Waals surface area contributed by atoms with E-state index in [4.69, 9.17) is 0 Å². The first-order valence-electron chi connectivity index (χ1n) is 9.49. The maximum absolute atomic E-state index is 13.0. The zero-order chi connectivity index (χ0) is 21.3. The maximum atomic E-state index is 13.0. The van der Waals surface area contributed by atoms with Crippen molar-refractivity contribution in [3.63, 3.8) is 0 Å². The highest BCUT2D eigenvalue weighted by atomic mass is 16.2. The number of rotatable bonds is 3. The molecule has 0 aliphatic carbocycles. The van der Waals surface area contributed by atoms with Crippen LogP contribution >= 0.6 is 0 Å². The third-order valence-electron chi connectivity index (χ3n) is 4.88. The van der Waals surface area contributed by atoms with Crippen LogP contribution in [0.25, 0.3) is 0 Å². The number of nitrogens with one attached hydrogen (secondary N) is 2. The van der Waals surface area contributed by atoms with Crippen LogP contribution < -0.4 is 15.5 Å². The second-order valence-electron chi connectivity index (χ2n) is 7.07. The van der Waals surface area contributed by atoms with Crippen LogP contribution in [0, 0.1) is 13.8 Å². The van der Waals surface area contributed by atoms with E-state index >= 15 is 0 Å². The summed E-state index contributed by atoms with van der Waals surface area (Å²) >= 11 is 0. The standard InChI is InChI=1S/C23H20N4O3/c1-14-7-12-18(15(2)24-14)22(29)25-17-10-8-16(9-11-17)23(30)27-13-21(28)26-19-5-3-4-6-20(19)27/h3-12H,13H2,1-2H3,(H,25,29)(H,26,28). The smallest absolute Gasteiger partial charge is 0.258 e. The third-order valence-corrected chi connectivity index (χ3v) is 4.88. The van der Waals surface area contributed by atoms with E-state index in [9.17, 15) is 14.4 Å². The molecule has 0 radical (unpaired) electrons. The van der Waals surface area contributed by atoms with Gasteiger partial charge in [-0.1, -0.05) is 12.1 Å². The Hall–Kier alpha value is -4.00. The first-order chi connectivity index (χ1) is 14.4. The number of hydrogen-bond donors (Lipinski definition) is 2. The lowest BCUT2D eigenvalue weighted by Gasteiger charge is -2.29. The number of benzene rings is 2. The molecule has 4 rings (SSSR count). The van der Waals surface area contributed by atoms with Crippen molar-refractivity contribution in [3.8, 4) is 0 Å². The fourth-order valence-electron chi connectivity index (χ4n) is 3.39. The van der Waals surface area contributed by atoms with Crippen molar-refractivity contribution in [2.24, 2.45) is 0 Å². The van der Waals surface area contributed by atoms with Crippen molar-refractivity contribution in [2.75, 3.05) is 22.1 Å². The Bertz CT molecular complexity index is 1160. The van der Waals surface area contributed by atoms with Crippen molar-refractivity contribution >= 4 is 34.8 Å². The van der Waals surface area contributed by atoms with Crippen LogP contribution in [0.3, 0.4) is 0 Å². The van der Waals surface area contributed by atoms with E-state index < -0.39 is 0 Å². The van der Waals surface area contributed by atoms with E-state index in [-0.39, 0.29) is 24.3 Å². The number of amides is 3. The minimum Gasteiger partial charge on any atom is -0.323 e. The molecule has 3 amide bonds. The van der Waals surface area contributed by atoms with Gasteiger partial charge in [-0.15, -0.1) is 0 Å². The molecular weight excluding hydrogens is 380 g/mol. The third kappa shape index (κ3) is 3.77. The molecule has 1 aromatic heterocycles. The number of nitrogens with zero attached hydrogens (tertiary/aromatic N) is 2. The average molecular weight is 400 g/mol. The van der Waals surface area contributed by atoms with E-state index in [1.165, 1.54) is 4.90 Å². The van der Waals surface area contributed by atoms with Crippen molar-refractivity contribution in [3.05, 3.63) is 83.2 Å². The second kappa shape index (κ2) is 7.79. The minimum absolute atomic E-state index is 0.0476. The summed E-state index contributed by atoms with van der Waals surface area (Å²) in [5.41, 5.74) is 4.24. The molecule has 2 aromatic carbocycles. The topological polar surface area (TPSA) is 91.4 Å². The highest BCUT2D eigenvalue weighted by molar-refractivity contribution is 6.15. The monoisotopic (exact) mass is 400 g/mol. The van der Waals surface area contributed by atoms with E-state index in [1.807, 2.05) is 13.0 Å². The van der Waals surface area contributed by atoms with Gasteiger partial charge in [-0.05, 0) is 62.4 Å². The summed E-state index contributed by atoms with van der Waals surface area (Å²) in [7, 11) is 0. The molecule has 150 valence electrons. The first kappa shape index (κ1) is 19.3. The van der Waals surface area contributed by atoms with Crippen LogP contribution in [-0.2, 0) is 4.79 Å². The predicted octanol–water partition coefficient (Wildman–Crippen LogP) is 3.55. The van der Waals surface area contributed by atoms with Crippen LogP contribution in [0.4, 0.5) is 17.1 Å². The molecule has 0 atom stereocenters. The lowest BCUT2D eigenvalue weighted by atomic mass is 10.1. The van der Waals surface area contributed by atoms with Crippen molar-refractivity contribution < 1.29 is 14.4 Å². The lowest BCUT2D eigenvalue weighted by molar-refractivity contribution is -0.115. The molecule has 7 heteroatoms. The van der Waals surface area contributed by atoms with Gasteiger partial charge in [-0.25, -0.2) is 0 Å². The number of carbonyl (C=O) groups excluding carboxylic acids is 3. The second-order valence-corrected chi connectivity index (χ2v) is 7.07. The van der Waals surface area contributed by atoms with Gasteiger partial charge < -0.3 is 10.6 Å². The lowest BCUT2D eigenvalue weighted by Crippen LogP contribution is -2.42. The Morgan fingerprint density at radius 3 is 2.47 bits per heavy atom. The predicted molar refractivity (Wildman–Crippen MR) is 115 cm³/mol. The number of aryl methyl sites for hydroxylation is 2. The fraction of sp³-hybridized carbons (Fsp3) is 0.130. The molecule has 0 saturated heterocycles. The van der Waals surface area contributed by atoms with Crippen LogP contribution in [-0.4, -0.2) is 29.3 Å². The van der Waals surface area contributed by atoms with Gasteiger partial charge in [0.2, 0.25) is 5.91 Å². The normalized spacial score (nSPS) is 12.7. The van der Waals surface area contributed by atoms with E-state index in [1.54, 1.807) is 61.5 Å². The molecule has 3 aromatic rings. The number of para-hydroxylation sites is 2. The van der Waals surface area contributed by atoms with Crippen molar-refractivity contribution in [1.29, 1.82) is 0 Å². The number of carbonyl (C=O) groups is 3. The Morgan fingerprint density at radius 1 is 1.00 bits per heavy atom. The Kier molecular flexibility index (Phi) is 5.02. The molecule has 0 fully saturated rings. The maximum Gasteiger partial charge on any atom is 0.258 e. The van der Waals surface area contributed by atoms with Crippen LogP contribution in [0.5, 0.6) is 0 Å². The molecule has 7 nitrogen and oxygen atoms in total. The Morgan fingerprint density at radius 2 is 1.73 bits per heavy atom. The largest absolute Gasteiger partial charge is 0.323 e. The summed E-state index contributed by atoms with van der Waals surface area (Å²) in [6, 6.07) is 17.3. The summed E-state index contributed by atoms with van der Waals surface area (Å²) < 4.78 is 0. The van der Waals surface area contributed by atoms with Crippen LogP contribution in [0.2, 0.25) is 0 Å². The van der Waals surface area contributed by atoms with E-state index in [0.29, 0.717) is 33.9 Å². The van der Waals surface area contributed by atoms with Gasteiger partial charge >= 0.3 is 0 Å². The van der Waals surface area contributed by atoms with Gasteiger partial charge in [0, 0.05) is 16.9 Å². The summed E-state index contributed by atoms with van der Waals surface area (Å²) in [6.45, 7) is 3.61. The van der Waals surface area contributed by atoms with Crippen LogP contribution in [0.15, 0.2) is 60.7 Å². The number of pyridine rings is 1. The summed E-state index contributed by atoms with van der Waals surface area (Å²) in [4.78, 5) is 43.2. The number of aromatic nitrogens is 1. The molecule has 2 N–H and O–H groups in total. The Labute approximate surface area is 173 Å². The highest BCUT2D eigenvalue weighted by Gasteiger charge is 2.27. The molecule has 0 saturated carbocycles. The van der Waals surface area contributed by atoms with Gasteiger partial charge in [0.25, 0.3) is 11.8 Å². The number of fused-ring (bicyclic) bond motifs is 1. The molecule has 30 heavy (non-hydrogen) atoms. The molecule has 0 spiro atoms. The molecule has 0 unspecified atom stereocenters. The molecular formula is C23H20N4O3. The summed E-state index contributed by atoms with van der Waals surface area (Å²) in [5, 5.41) is 5.58. The van der Waals surface area contributed by atoms with Gasteiger partial charge in [-0.3, -0.25) is 24.3 Å². The fourth-order valence-corrected chi connectivity index (χ4v) is 3.39. The van der Waals surface area contributed by atoms with Gasteiger partial charge in [0.05, 0.1) is 22.6 Å². The average Bonchev–Trinajstić information content (AvgIpc) is 2.73. The highest BCUT2D eigenvalue weighted by Crippen LogP contribution is 2.30. The summed E-state index contributed by atoms with van der Waals surface area (Å²) in [6.07, 6.45) is 0. The van der Waals surface area contributed by atoms with E-state index in [2.05, 4.69) is 15.6 Å². The first-order valence-corrected chi connectivity index (χ1v) is 9.49. The van der Waals surface area contributed by atoms with Gasteiger partial charge in [-0.2, -0.15) is 0 Å². The van der Waals surface area contributed by atoms with Gasteiger partial charge in [0.15, 0.2) is 0 Å². The molecule has 2 heterocycles. The van der Waals surface area contributed by atoms with Crippen LogP contribution in [0.1, 0.15) is 32.1 Å². The Balaban J connectivity index is 1.52. The molecule has 1 aliphatic heterocycles. The van der Waals surface area contributed by atoms with E-state index in [0.717, 1.165) is 5.69 Å². The van der Waals surface area contributed by atoms with Gasteiger partial charge in [0.1, 0.15) is 6.54 Å². The molecule has 0 bridgehead atoms. The zero-order valence-corrected chi connectivity index (χ0v) is 16.6. The zero-order valence-electron chi connectivity index (χ0n) is 16.6. The quantitative estimate of drug-likeness (QED) is 0.703. The van der Waals surface area contributed by atoms with Crippen molar-refractivity contribution in [2.45, 2.75) is 13.8 Å².